The highest BCUT2D eigenvalue weighted by atomic mass is 19.4. The monoisotopic (exact) mass is 860 g/mol. The number of fused-ring (bicyclic) bond motifs is 6. The Morgan fingerprint density at radius 2 is 0.641 bits per heavy atom. The van der Waals surface area contributed by atoms with Crippen LogP contribution in [-0.2, 0) is 12.4 Å². The molecule has 2 aliphatic rings. The molecule has 0 radical (unpaired) electrons. The minimum atomic E-state index is -4.78. The van der Waals surface area contributed by atoms with Gasteiger partial charge in [0, 0.05) is 32.7 Å². The predicted octanol–water partition coefficient (Wildman–Crippen LogP) is 17.3. The van der Waals surface area contributed by atoms with Crippen molar-refractivity contribution in [1.29, 1.82) is 0 Å². The highest BCUT2D eigenvalue weighted by Gasteiger charge is 2.42. The van der Waals surface area contributed by atoms with Crippen LogP contribution in [0, 0.1) is 0 Å². The number of benzene rings is 7. The van der Waals surface area contributed by atoms with Gasteiger partial charge in [-0.1, -0.05) is 148 Å². The van der Waals surface area contributed by atoms with Gasteiger partial charge in [0.15, 0.2) is 0 Å². The van der Waals surface area contributed by atoms with Crippen molar-refractivity contribution in [1.82, 2.24) is 9.13 Å². The van der Waals surface area contributed by atoms with Crippen LogP contribution in [0.15, 0.2) is 146 Å². The second-order valence-electron chi connectivity index (χ2n) is 17.8. The molecule has 0 saturated heterocycles. The van der Waals surface area contributed by atoms with Gasteiger partial charge in [-0.3, -0.25) is 0 Å². The molecule has 0 aliphatic heterocycles. The summed E-state index contributed by atoms with van der Waals surface area (Å²) >= 11 is 0. The molecule has 2 aromatic heterocycles. The van der Waals surface area contributed by atoms with Gasteiger partial charge in [-0.05, 0) is 96.2 Å². The zero-order valence-corrected chi connectivity index (χ0v) is 35.2. The third-order valence-corrected chi connectivity index (χ3v) is 14.2. The lowest BCUT2D eigenvalue weighted by molar-refractivity contribution is -0.137. The van der Waals surface area contributed by atoms with Gasteiger partial charge >= 0.3 is 12.4 Å². The van der Waals surface area contributed by atoms with Crippen LogP contribution in [0.1, 0.15) is 98.3 Å². The van der Waals surface area contributed by atoms with E-state index in [0.717, 1.165) is 126 Å². The van der Waals surface area contributed by atoms with Gasteiger partial charge in [0.25, 0.3) is 0 Å². The minimum absolute atomic E-state index is 0.0320. The Bertz CT molecular complexity index is 3020. The number of aromatic nitrogens is 2. The molecule has 2 nitrogen and oxygen atoms in total. The SMILES string of the molecule is FC(F)(F)c1ccccc1-c1c(C2CCCCC2)c(-n2c3ccccc3c3ccccc32)c(C2CCCCC2)c(-c2ccccc2C(F)(F)F)c1-n1c2ccccc2c2ccccc21. The summed E-state index contributed by atoms with van der Waals surface area (Å²) < 4.78 is 99.8. The molecule has 7 aromatic carbocycles. The maximum atomic E-state index is 15.9. The number of rotatable bonds is 6. The average Bonchev–Trinajstić information content (AvgIpc) is 3.83. The Hall–Kier alpha value is -6.28. The summed E-state index contributed by atoms with van der Waals surface area (Å²) in [5.74, 6) is -0.387. The number of halogens is 6. The largest absolute Gasteiger partial charge is 0.417 e. The van der Waals surface area contributed by atoms with Crippen molar-refractivity contribution in [3.8, 4) is 33.6 Å². The Labute approximate surface area is 367 Å². The van der Waals surface area contributed by atoms with Crippen LogP contribution in [0.25, 0.3) is 77.2 Å². The topological polar surface area (TPSA) is 9.86 Å². The van der Waals surface area contributed by atoms with Crippen LogP contribution >= 0.6 is 0 Å². The lowest BCUT2D eigenvalue weighted by Crippen LogP contribution is -2.21. The average molecular weight is 861 g/mol. The van der Waals surface area contributed by atoms with Crippen molar-refractivity contribution in [2.24, 2.45) is 0 Å². The zero-order valence-electron chi connectivity index (χ0n) is 35.2. The van der Waals surface area contributed by atoms with Gasteiger partial charge in [0.05, 0.1) is 44.6 Å². The minimum Gasteiger partial charge on any atom is -0.309 e. The van der Waals surface area contributed by atoms with Crippen molar-refractivity contribution in [3.05, 3.63) is 168 Å². The third-order valence-electron chi connectivity index (χ3n) is 14.2. The van der Waals surface area contributed by atoms with Gasteiger partial charge in [0.1, 0.15) is 0 Å². The molecule has 11 rings (SSSR count). The maximum Gasteiger partial charge on any atom is 0.417 e. The lowest BCUT2D eigenvalue weighted by atomic mass is 9.71. The molecule has 0 N–H and O–H groups in total. The van der Waals surface area contributed by atoms with Gasteiger partial charge in [-0.15, -0.1) is 0 Å². The van der Waals surface area contributed by atoms with Crippen molar-refractivity contribution in [2.45, 2.75) is 88.4 Å². The van der Waals surface area contributed by atoms with Gasteiger partial charge in [-0.2, -0.15) is 26.3 Å². The summed E-state index contributed by atoms with van der Waals surface area (Å²) in [6.45, 7) is 0. The molecule has 8 heteroatoms. The third kappa shape index (κ3) is 6.54. The molecule has 0 unspecified atom stereocenters. The maximum absolute atomic E-state index is 15.9. The summed E-state index contributed by atoms with van der Waals surface area (Å²) in [6.07, 6.45) is -1.06. The molecule has 64 heavy (non-hydrogen) atoms. The Morgan fingerprint density at radius 1 is 0.344 bits per heavy atom. The highest BCUT2D eigenvalue weighted by molar-refractivity contribution is 6.13. The van der Waals surface area contributed by atoms with E-state index in [1.165, 1.54) is 12.1 Å². The lowest BCUT2D eigenvalue weighted by Gasteiger charge is -2.37. The number of nitrogens with zero attached hydrogens (tertiary/aromatic N) is 2. The van der Waals surface area contributed by atoms with E-state index in [9.17, 15) is 0 Å². The normalized spacial score (nSPS) is 15.8. The predicted molar refractivity (Wildman–Crippen MR) is 248 cm³/mol. The van der Waals surface area contributed by atoms with E-state index in [2.05, 4.69) is 28.8 Å². The van der Waals surface area contributed by atoms with E-state index in [1.54, 1.807) is 24.3 Å². The summed E-state index contributed by atoms with van der Waals surface area (Å²) in [4.78, 5) is 0. The second-order valence-corrected chi connectivity index (χ2v) is 17.8. The van der Waals surface area contributed by atoms with E-state index >= 15 is 26.3 Å². The van der Waals surface area contributed by atoms with E-state index in [-0.39, 0.29) is 23.0 Å². The number of hydrogen-bond donors (Lipinski definition) is 0. The fourth-order valence-corrected chi connectivity index (χ4v) is 11.6. The van der Waals surface area contributed by atoms with E-state index in [1.807, 2.05) is 77.4 Å². The first-order valence-corrected chi connectivity index (χ1v) is 22.6. The first-order valence-electron chi connectivity index (χ1n) is 22.6. The van der Waals surface area contributed by atoms with Gasteiger partial charge < -0.3 is 9.13 Å². The summed E-state index contributed by atoms with van der Waals surface area (Å²) in [7, 11) is 0. The molecule has 2 fully saturated rings. The summed E-state index contributed by atoms with van der Waals surface area (Å²) in [5, 5.41) is 3.69. The molecule has 2 saturated carbocycles. The zero-order chi connectivity index (χ0) is 43.7. The van der Waals surface area contributed by atoms with Crippen LogP contribution in [0.3, 0.4) is 0 Å². The fraction of sp³-hybridized carbons (Fsp3) is 0.250. The first-order chi connectivity index (χ1) is 31.1. The number of alkyl halides is 6. The van der Waals surface area contributed by atoms with Crippen LogP contribution < -0.4 is 0 Å². The van der Waals surface area contributed by atoms with Crippen LogP contribution in [0.2, 0.25) is 0 Å². The van der Waals surface area contributed by atoms with Crippen molar-refractivity contribution in [2.75, 3.05) is 0 Å². The van der Waals surface area contributed by atoms with Crippen LogP contribution in [0.5, 0.6) is 0 Å². The second kappa shape index (κ2) is 15.8. The van der Waals surface area contributed by atoms with E-state index < -0.39 is 23.5 Å². The van der Waals surface area contributed by atoms with Crippen molar-refractivity contribution < 1.29 is 26.3 Å². The Kier molecular flexibility index (Phi) is 9.97. The Morgan fingerprint density at radius 3 is 0.984 bits per heavy atom. The molecule has 2 heterocycles. The van der Waals surface area contributed by atoms with Crippen LogP contribution in [-0.4, -0.2) is 9.13 Å². The number of para-hydroxylation sites is 4. The molecule has 0 bridgehead atoms. The molecule has 0 atom stereocenters. The molecule has 322 valence electrons. The molecule has 0 spiro atoms. The highest BCUT2D eigenvalue weighted by Crippen LogP contribution is 2.58. The van der Waals surface area contributed by atoms with Crippen molar-refractivity contribution >= 4 is 43.6 Å². The van der Waals surface area contributed by atoms with E-state index in [4.69, 9.17) is 0 Å². The molecule has 9 aromatic rings. The smallest absolute Gasteiger partial charge is 0.309 e. The summed E-state index contributed by atoms with van der Waals surface area (Å²) in [6, 6.07) is 43.2. The van der Waals surface area contributed by atoms with Gasteiger partial charge in [0.2, 0.25) is 0 Å². The fourth-order valence-electron chi connectivity index (χ4n) is 11.6. The molecular formula is C56H46F6N2. The van der Waals surface area contributed by atoms with E-state index in [0.29, 0.717) is 27.8 Å². The van der Waals surface area contributed by atoms with Crippen molar-refractivity contribution in [3.63, 3.8) is 0 Å². The van der Waals surface area contributed by atoms with Gasteiger partial charge in [-0.25, -0.2) is 0 Å². The summed E-state index contributed by atoms with van der Waals surface area (Å²) in [5.41, 5.74) is 4.84. The first kappa shape index (κ1) is 40.5. The number of hydrogen-bond acceptors (Lipinski definition) is 0. The quantitative estimate of drug-likeness (QED) is 0.147. The molecular weight excluding hydrogens is 815 g/mol. The molecule has 2 aliphatic carbocycles. The standard InChI is InChI=1S/C56H46F6N2/c57-55(58,59)43-29-13-7-27-41(43)51-49(35-19-3-1-4-20-35)53(63-45-31-15-9-23-37(45)38-24-10-16-32-46(38)63)50(36-21-5-2-6-22-36)52(42-28-8-14-30-44(42)56(60,61)62)54(51)64-47-33-17-11-25-39(47)40-26-12-18-34-48(40)64/h7-18,23-36H,1-6,19-22H2. The van der Waals surface area contributed by atoms with Crippen LogP contribution in [0.4, 0.5) is 26.3 Å². The Balaban J connectivity index is 1.51. The molecule has 0 amide bonds.